The number of nitrogens with two attached hydrogens (primary N) is 1. The molecule has 12 nitrogen and oxygen atoms in total. The van der Waals surface area contributed by atoms with Gasteiger partial charge < -0.3 is 33.9 Å². The summed E-state index contributed by atoms with van der Waals surface area (Å²) in [5, 5.41) is 20.0. The average molecular weight is 785 g/mol. The lowest BCUT2D eigenvalue weighted by atomic mass is 10.0. The minimum atomic E-state index is -2.22. The van der Waals surface area contributed by atoms with Gasteiger partial charge in [0.2, 0.25) is 0 Å². The molecule has 1 aromatic carbocycles. The van der Waals surface area contributed by atoms with Gasteiger partial charge in [-0.25, -0.2) is 19.2 Å². The zero-order valence-electron chi connectivity index (χ0n) is 32.7. The fourth-order valence-electron chi connectivity index (χ4n) is 6.69. The first-order chi connectivity index (χ1) is 27.0. The Balaban J connectivity index is 0.00000399. The lowest BCUT2D eigenvalue weighted by Crippen LogP contribution is -2.26. The minimum absolute atomic E-state index is 0.00780. The van der Waals surface area contributed by atoms with Crippen LogP contribution in [-0.2, 0) is 29.9 Å². The van der Waals surface area contributed by atoms with Gasteiger partial charge in [-0.05, 0) is 37.5 Å². The van der Waals surface area contributed by atoms with Crippen molar-refractivity contribution < 1.29 is 32.5 Å². The van der Waals surface area contributed by atoms with Gasteiger partial charge in [0.05, 0.1) is 43.8 Å². The lowest BCUT2D eigenvalue weighted by molar-refractivity contribution is -0.0499. The van der Waals surface area contributed by atoms with Gasteiger partial charge in [0, 0.05) is 18.7 Å². The predicted octanol–water partition coefficient (Wildman–Crippen LogP) is 9.80. The van der Waals surface area contributed by atoms with E-state index in [0.29, 0.717) is 12.4 Å². The molecule has 0 saturated carbocycles. The molecule has 14 heteroatoms. The monoisotopic (exact) mass is 784 g/mol. The van der Waals surface area contributed by atoms with Crippen LogP contribution in [0.1, 0.15) is 145 Å². The second kappa shape index (κ2) is 28.2. The van der Waals surface area contributed by atoms with Gasteiger partial charge in [-0.1, -0.05) is 115 Å². The van der Waals surface area contributed by atoms with Gasteiger partial charge in [0.25, 0.3) is 0 Å². The molecule has 4 rings (SSSR count). The Bertz CT molecular complexity index is 1540. The maximum atomic E-state index is 14.7. The number of halogens is 1. The number of nitrogens with zero attached hydrogens (tertiary/aromatic N) is 5. The molecule has 0 spiro atoms. The van der Waals surface area contributed by atoms with Crippen molar-refractivity contribution >= 4 is 19.9 Å². The second-order valence-corrected chi connectivity index (χ2v) is 15.0. The highest BCUT2D eigenvalue weighted by Crippen LogP contribution is 2.38. The molecule has 0 radical (unpaired) electrons. The molecule has 3 heterocycles. The van der Waals surface area contributed by atoms with Crippen LogP contribution < -0.4 is 5.73 Å². The van der Waals surface area contributed by atoms with E-state index in [4.69, 9.17) is 34.3 Å². The predicted molar refractivity (Wildman–Crippen MR) is 212 cm³/mol. The molecule has 3 N–H and O–H groups in total. The third kappa shape index (κ3) is 17.2. The minimum Gasteiger partial charge on any atom is -0.382 e. The van der Waals surface area contributed by atoms with E-state index < -0.39 is 20.5 Å². The van der Waals surface area contributed by atoms with Crippen molar-refractivity contribution in [1.29, 1.82) is 10.5 Å². The van der Waals surface area contributed by atoms with Crippen molar-refractivity contribution in [1.82, 2.24) is 14.6 Å². The number of hydrogen-bond donors (Lipinski definition) is 2. The summed E-state index contributed by atoms with van der Waals surface area (Å²) in [4.78, 5) is 14.6. The van der Waals surface area contributed by atoms with E-state index in [1.165, 1.54) is 102 Å². The maximum Gasteiger partial charge on any atom is 0.330 e. The van der Waals surface area contributed by atoms with E-state index in [9.17, 15) is 14.5 Å². The number of benzene rings is 1. The van der Waals surface area contributed by atoms with E-state index in [-0.39, 0.29) is 49.8 Å². The van der Waals surface area contributed by atoms with Crippen molar-refractivity contribution in [3.8, 4) is 12.6 Å². The van der Waals surface area contributed by atoms with E-state index in [1.54, 1.807) is 16.6 Å². The van der Waals surface area contributed by atoms with Crippen LogP contribution in [0.15, 0.2) is 36.7 Å². The number of hydrogen-bond acceptors (Lipinski definition) is 11. The topological polar surface area (TPSA) is 170 Å². The molecule has 55 heavy (non-hydrogen) atoms. The summed E-state index contributed by atoms with van der Waals surface area (Å²) in [5.74, 6) is -0.198. The number of rotatable bonds is 29. The zero-order chi connectivity index (χ0) is 39.5. The number of nitriles is 2. The largest absolute Gasteiger partial charge is 0.382 e. The smallest absolute Gasteiger partial charge is 0.330 e. The molecule has 1 fully saturated rings. The van der Waals surface area contributed by atoms with Crippen LogP contribution in [-0.4, -0.2) is 58.1 Å². The molecule has 4 unspecified atom stereocenters. The van der Waals surface area contributed by atoms with Crippen LogP contribution >= 0.6 is 8.60 Å². The number of unbranched alkanes of at least 4 members (excludes halogenated alkanes) is 15. The number of anilines is 1. The van der Waals surface area contributed by atoms with Gasteiger partial charge >= 0.3 is 8.60 Å². The second-order valence-electron chi connectivity index (χ2n) is 14.1. The highest BCUT2D eigenvalue weighted by atomic mass is 31.2. The van der Waals surface area contributed by atoms with Crippen molar-refractivity contribution in [3.63, 3.8) is 0 Å². The van der Waals surface area contributed by atoms with Crippen molar-refractivity contribution in [2.75, 3.05) is 32.2 Å². The first-order valence-electron chi connectivity index (χ1n) is 20.1. The fraction of sp³-hybridized carbons (Fsp3) is 0.659. The Morgan fingerprint density at radius 1 is 0.945 bits per heavy atom. The molecular formula is C41H62FN6O6P. The summed E-state index contributed by atoms with van der Waals surface area (Å²) < 4.78 is 45.8. The first-order valence-corrected chi connectivity index (χ1v) is 21.2. The quantitative estimate of drug-likeness (QED) is 0.0507. The Morgan fingerprint density at radius 2 is 1.60 bits per heavy atom. The molecule has 0 amide bonds. The van der Waals surface area contributed by atoms with Crippen molar-refractivity contribution in [2.24, 2.45) is 0 Å². The van der Waals surface area contributed by atoms with Gasteiger partial charge in [0.1, 0.15) is 35.9 Å². The van der Waals surface area contributed by atoms with E-state index >= 15 is 0 Å². The molecule has 0 aliphatic carbocycles. The Kier molecular flexibility index (Phi) is 23.6. The van der Waals surface area contributed by atoms with Crippen LogP contribution in [0.3, 0.4) is 0 Å². The molecule has 3 aromatic rings. The normalized spacial score (nSPS) is 16.4. The van der Waals surface area contributed by atoms with Crippen LogP contribution in [0.2, 0.25) is 0 Å². The molecule has 2 aromatic heterocycles. The first kappa shape index (κ1) is 46.1. The van der Waals surface area contributed by atoms with Gasteiger partial charge in [-0.15, -0.1) is 0 Å². The summed E-state index contributed by atoms with van der Waals surface area (Å²) in [6, 6.07) is 10.3. The number of ether oxygens (including phenoxy) is 3. The molecular weight excluding hydrogens is 722 g/mol. The zero-order valence-corrected chi connectivity index (χ0v) is 33.6. The summed E-state index contributed by atoms with van der Waals surface area (Å²) >= 11 is 0. The number of nitrogen functional groups attached to an aromatic ring is 1. The fourth-order valence-corrected chi connectivity index (χ4v) is 7.35. The standard InChI is InChI=1S/C40H61FN5O6P.CHN/c1-2-3-4-5-6-7-8-9-10-11-12-13-14-15-16-17-25-48-28-35(49-27-33-20-18-19-32(26-42)39(33)41)30-51-53(47)50-29-34-21-24-38(52-34)36-22-23-37-40(43)44-31-45-46(36)37;1-2/h18-20,22-23,31,34-35,38,47H,2-17,21,24-25,27-30H2,1H3,(H2,43,44,45);1H. The van der Waals surface area contributed by atoms with Gasteiger partial charge in [0.15, 0.2) is 5.82 Å². The molecule has 1 aliphatic rings. The van der Waals surface area contributed by atoms with Crippen molar-refractivity contribution in [3.05, 3.63) is 59.3 Å². The van der Waals surface area contributed by atoms with Crippen LogP contribution in [0.5, 0.6) is 0 Å². The third-order valence-electron chi connectivity index (χ3n) is 9.81. The SMILES string of the molecule is C#N.CCCCCCCCCCCCCCCCCCOCC(COP(O)OCC1CCC(c2ccc3c(N)ncnn23)O1)OCc1cccc(C#N)c1F. The van der Waals surface area contributed by atoms with Crippen LogP contribution in [0, 0.1) is 29.0 Å². The van der Waals surface area contributed by atoms with Gasteiger partial charge in [-0.3, -0.25) is 0 Å². The van der Waals surface area contributed by atoms with E-state index in [1.807, 2.05) is 18.2 Å². The highest BCUT2D eigenvalue weighted by molar-refractivity contribution is 7.40. The van der Waals surface area contributed by atoms with E-state index in [2.05, 4.69) is 23.6 Å². The summed E-state index contributed by atoms with van der Waals surface area (Å²) in [6.45, 7) is 6.65. The molecule has 4 atom stereocenters. The van der Waals surface area contributed by atoms with Crippen molar-refractivity contribution in [2.45, 2.75) is 147 Å². The number of aromatic nitrogens is 3. The Morgan fingerprint density at radius 3 is 2.25 bits per heavy atom. The third-order valence-corrected chi connectivity index (χ3v) is 10.5. The maximum absolute atomic E-state index is 14.7. The lowest BCUT2D eigenvalue weighted by Gasteiger charge is -2.21. The Hall–Kier alpha value is -3.26. The summed E-state index contributed by atoms with van der Waals surface area (Å²) in [7, 11) is -2.22. The average Bonchev–Trinajstić information content (AvgIpc) is 3.86. The van der Waals surface area contributed by atoms with Crippen LogP contribution in [0.25, 0.3) is 5.52 Å². The summed E-state index contributed by atoms with van der Waals surface area (Å²) in [6.07, 6.45) is 22.9. The van der Waals surface area contributed by atoms with E-state index in [0.717, 1.165) is 36.9 Å². The molecule has 1 aliphatic heterocycles. The summed E-state index contributed by atoms with van der Waals surface area (Å²) in [5.41, 5.74) is 7.81. The van der Waals surface area contributed by atoms with Crippen LogP contribution in [0.4, 0.5) is 10.2 Å². The Labute approximate surface area is 328 Å². The molecule has 0 bridgehead atoms. The molecule has 1 saturated heterocycles. The molecule has 304 valence electrons. The van der Waals surface area contributed by atoms with Gasteiger partial charge in [-0.2, -0.15) is 10.4 Å². The highest BCUT2D eigenvalue weighted by Gasteiger charge is 2.30. The number of fused-ring (bicyclic) bond motifs is 1.